The molecular formula is C16H15BrN4. The van der Waals surface area contributed by atoms with Crippen LogP contribution in [-0.2, 0) is 0 Å². The smallest absolute Gasteiger partial charge is 0.162 e. The summed E-state index contributed by atoms with van der Waals surface area (Å²) in [5.41, 5.74) is 9.00. The molecule has 2 N–H and O–H groups in total. The van der Waals surface area contributed by atoms with Gasteiger partial charge in [0.15, 0.2) is 5.82 Å². The van der Waals surface area contributed by atoms with Crippen molar-refractivity contribution in [2.45, 2.75) is 0 Å². The van der Waals surface area contributed by atoms with Gasteiger partial charge >= 0.3 is 0 Å². The van der Waals surface area contributed by atoms with Crippen molar-refractivity contribution in [3.05, 3.63) is 46.9 Å². The summed E-state index contributed by atoms with van der Waals surface area (Å²) in [4.78, 5) is 11.1. The maximum atomic E-state index is 6.06. The van der Waals surface area contributed by atoms with Crippen LogP contribution >= 0.6 is 15.9 Å². The Morgan fingerprint density at radius 1 is 1.00 bits per heavy atom. The number of anilines is 2. The molecule has 0 saturated carbocycles. The second-order valence-electron chi connectivity index (χ2n) is 5.04. The van der Waals surface area contributed by atoms with E-state index in [0.29, 0.717) is 11.6 Å². The van der Waals surface area contributed by atoms with E-state index in [1.165, 1.54) is 0 Å². The van der Waals surface area contributed by atoms with Crippen LogP contribution in [-0.4, -0.2) is 24.1 Å². The van der Waals surface area contributed by atoms with Gasteiger partial charge in [-0.1, -0.05) is 15.9 Å². The average molecular weight is 343 g/mol. The zero-order chi connectivity index (χ0) is 15.0. The molecule has 0 atom stereocenters. The minimum absolute atomic E-state index is 0.494. The molecule has 0 spiro atoms. The average Bonchev–Trinajstić information content (AvgIpc) is 2.48. The first-order valence-electron chi connectivity index (χ1n) is 6.55. The van der Waals surface area contributed by atoms with Crippen molar-refractivity contribution in [1.29, 1.82) is 0 Å². The molecule has 0 saturated heterocycles. The summed E-state index contributed by atoms with van der Waals surface area (Å²) in [6.07, 6.45) is 0. The molecule has 106 valence electrons. The third-order valence-electron chi connectivity index (χ3n) is 3.33. The largest absolute Gasteiger partial charge is 0.383 e. The molecule has 0 fully saturated rings. The quantitative estimate of drug-likeness (QED) is 0.771. The lowest BCUT2D eigenvalue weighted by molar-refractivity contribution is 1.13. The Morgan fingerprint density at radius 3 is 2.38 bits per heavy atom. The predicted octanol–water partition coefficient (Wildman–Crippen LogP) is 3.71. The second kappa shape index (κ2) is 5.33. The predicted molar refractivity (Wildman–Crippen MR) is 91.4 cm³/mol. The van der Waals surface area contributed by atoms with Gasteiger partial charge in [-0.2, -0.15) is 0 Å². The van der Waals surface area contributed by atoms with E-state index in [2.05, 4.69) is 30.8 Å². The number of nitrogen functional groups attached to an aromatic ring is 1. The van der Waals surface area contributed by atoms with Gasteiger partial charge in [-0.15, -0.1) is 0 Å². The van der Waals surface area contributed by atoms with Crippen molar-refractivity contribution >= 4 is 38.3 Å². The van der Waals surface area contributed by atoms with E-state index in [-0.39, 0.29) is 0 Å². The van der Waals surface area contributed by atoms with Gasteiger partial charge in [0.05, 0.1) is 5.52 Å². The normalized spacial score (nSPS) is 10.8. The molecule has 0 aliphatic rings. The summed E-state index contributed by atoms with van der Waals surface area (Å²) in [6, 6.07) is 13.9. The van der Waals surface area contributed by atoms with E-state index in [4.69, 9.17) is 5.73 Å². The van der Waals surface area contributed by atoms with Gasteiger partial charge in [0, 0.05) is 35.2 Å². The van der Waals surface area contributed by atoms with Crippen LogP contribution in [0.3, 0.4) is 0 Å². The SMILES string of the molecule is CN(C)c1ccc(-c2nc(N)c3cc(Br)ccc3n2)cc1. The molecule has 0 unspecified atom stereocenters. The molecule has 21 heavy (non-hydrogen) atoms. The Balaban J connectivity index is 2.10. The third kappa shape index (κ3) is 2.69. The van der Waals surface area contributed by atoms with Crippen LogP contribution in [0.25, 0.3) is 22.3 Å². The standard InChI is InChI=1S/C16H15BrN4/c1-21(2)12-6-3-10(4-7-12)16-19-14-8-5-11(17)9-13(14)15(18)20-16/h3-9H,1-2H3,(H2,18,19,20). The first kappa shape index (κ1) is 13.8. The Labute approximate surface area is 131 Å². The van der Waals surface area contributed by atoms with Crippen molar-refractivity contribution in [3.63, 3.8) is 0 Å². The Hall–Kier alpha value is -2.14. The number of benzene rings is 2. The first-order chi connectivity index (χ1) is 10.0. The van der Waals surface area contributed by atoms with Crippen molar-refractivity contribution in [1.82, 2.24) is 9.97 Å². The number of nitrogens with two attached hydrogens (primary N) is 1. The molecule has 5 heteroatoms. The van der Waals surface area contributed by atoms with E-state index < -0.39 is 0 Å². The maximum absolute atomic E-state index is 6.06. The van der Waals surface area contributed by atoms with Gasteiger partial charge in [0.1, 0.15) is 5.82 Å². The highest BCUT2D eigenvalue weighted by atomic mass is 79.9. The highest BCUT2D eigenvalue weighted by Crippen LogP contribution is 2.26. The molecule has 4 nitrogen and oxygen atoms in total. The number of hydrogen-bond acceptors (Lipinski definition) is 4. The van der Waals surface area contributed by atoms with E-state index in [1.807, 2.05) is 56.6 Å². The Bertz CT molecular complexity index is 797. The fourth-order valence-electron chi connectivity index (χ4n) is 2.16. The molecular weight excluding hydrogens is 328 g/mol. The number of hydrogen-bond donors (Lipinski definition) is 1. The Morgan fingerprint density at radius 2 is 1.71 bits per heavy atom. The first-order valence-corrected chi connectivity index (χ1v) is 7.34. The number of aromatic nitrogens is 2. The number of rotatable bonds is 2. The molecule has 1 heterocycles. The number of halogens is 1. The lowest BCUT2D eigenvalue weighted by atomic mass is 10.1. The monoisotopic (exact) mass is 342 g/mol. The molecule has 2 aromatic carbocycles. The molecule has 3 aromatic rings. The molecule has 3 rings (SSSR count). The van der Waals surface area contributed by atoms with Crippen LogP contribution in [0.2, 0.25) is 0 Å². The molecule has 0 bridgehead atoms. The lowest BCUT2D eigenvalue weighted by Gasteiger charge is -2.12. The summed E-state index contributed by atoms with van der Waals surface area (Å²) >= 11 is 3.44. The van der Waals surface area contributed by atoms with Crippen LogP contribution in [0.1, 0.15) is 0 Å². The molecule has 0 amide bonds. The van der Waals surface area contributed by atoms with Crippen LogP contribution in [0.4, 0.5) is 11.5 Å². The molecule has 0 aliphatic carbocycles. The fraction of sp³-hybridized carbons (Fsp3) is 0.125. The van der Waals surface area contributed by atoms with Gasteiger partial charge in [-0.05, 0) is 42.5 Å². The van der Waals surface area contributed by atoms with E-state index in [9.17, 15) is 0 Å². The van der Waals surface area contributed by atoms with Gasteiger partial charge in [-0.3, -0.25) is 0 Å². The van der Waals surface area contributed by atoms with Crippen molar-refractivity contribution < 1.29 is 0 Å². The zero-order valence-corrected chi connectivity index (χ0v) is 13.4. The zero-order valence-electron chi connectivity index (χ0n) is 11.8. The van der Waals surface area contributed by atoms with Gasteiger partial charge in [-0.25, -0.2) is 9.97 Å². The van der Waals surface area contributed by atoms with Crippen LogP contribution in [0.5, 0.6) is 0 Å². The maximum Gasteiger partial charge on any atom is 0.162 e. The topological polar surface area (TPSA) is 55.0 Å². The van der Waals surface area contributed by atoms with E-state index in [1.54, 1.807) is 0 Å². The van der Waals surface area contributed by atoms with Crippen LogP contribution < -0.4 is 10.6 Å². The van der Waals surface area contributed by atoms with E-state index >= 15 is 0 Å². The highest BCUT2D eigenvalue weighted by molar-refractivity contribution is 9.10. The summed E-state index contributed by atoms with van der Waals surface area (Å²) < 4.78 is 0.966. The van der Waals surface area contributed by atoms with Crippen LogP contribution in [0, 0.1) is 0 Å². The molecule has 0 aliphatic heterocycles. The summed E-state index contributed by atoms with van der Waals surface area (Å²) in [7, 11) is 4.02. The summed E-state index contributed by atoms with van der Waals surface area (Å²) in [6.45, 7) is 0. The second-order valence-corrected chi connectivity index (χ2v) is 5.95. The minimum atomic E-state index is 0.494. The van der Waals surface area contributed by atoms with Crippen molar-refractivity contribution in [2.75, 3.05) is 24.7 Å². The van der Waals surface area contributed by atoms with Crippen molar-refractivity contribution in [3.8, 4) is 11.4 Å². The van der Waals surface area contributed by atoms with Crippen molar-refractivity contribution in [2.24, 2.45) is 0 Å². The van der Waals surface area contributed by atoms with Gasteiger partial charge in [0.25, 0.3) is 0 Å². The highest BCUT2D eigenvalue weighted by Gasteiger charge is 2.08. The number of nitrogens with zero attached hydrogens (tertiary/aromatic N) is 3. The minimum Gasteiger partial charge on any atom is -0.383 e. The van der Waals surface area contributed by atoms with E-state index in [0.717, 1.165) is 26.6 Å². The summed E-state index contributed by atoms with van der Waals surface area (Å²) in [5.74, 6) is 1.14. The molecule has 1 aromatic heterocycles. The van der Waals surface area contributed by atoms with Gasteiger partial charge < -0.3 is 10.6 Å². The third-order valence-corrected chi connectivity index (χ3v) is 3.82. The van der Waals surface area contributed by atoms with Gasteiger partial charge in [0.2, 0.25) is 0 Å². The number of fused-ring (bicyclic) bond motifs is 1. The Kier molecular flexibility index (Phi) is 3.51. The summed E-state index contributed by atoms with van der Waals surface area (Å²) in [5, 5.41) is 0.859. The lowest BCUT2D eigenvalue weighted by Crippen LogP contribution is -2.08. The fourth-order valence-corrected chi connectivity index (χ4v) is 2.52. The van der Waals surface area contributed by atoms with Crippen LogP contribution in [0.15, 0.2) is 46.9 Å². The molecule has 0 radical (unpaired) electrons.